The van der Waals surface area contributed by atoms with Crippen molar-refractivity contribution >= 4 is 3.26 Å². The number of halogens is 2. The molecule has 0 amide bonds. The van der Waals surface area contributed by atoms with Crippen LogP contribution in [0.3, 0.4) is 0 Å². The van der Waals surface area contributed by atoms with Crippen LogP contribution in [0.4, 0.5) is 0 Å². The predicted octanol–water partition coefficient (Wildman–Crippen LogP) is 7.08. The van der Waals surface area contributed by atoms with Gasteiger partial charge in [-0.25, -0.2) is 12.1 Å². The number of rotatable bonds is 2. The summed E-state index contributed by atoms with van der Waals surface area (Å²) in [5.74, 6) is 0. The molecule has 0 spiro atoms. The topological polar surface area (TPSA) is 0 Å². The Kier molecular flexibility index (Phi) is 15.6. The molecule has 3 heteroatoms. The quantitative estimate of drug-likeness (QED) is 0.129. The molecule has 0 heterocycles. The fraction of sp³-hybridized carbons (Fsp3) is 0.388. The van der Waals surface area contributed by atoms with Gasteiger partial charge in [-0.3, -0.25) is 0 Å². The van der Waals surface area contributed by atoms with Crippen LogP contribution in [0.1, 0.15) is 139 Å². The van der Waals surface area contributed by atoms with Crippen molar-refractivity contribution in [1.82, 2.24) is 0 Å². The van der Waals surface area contributed by atoms with Gasteiger partial charge in [0.2, 0.25) is 0 Å². The van der Waals surface area contributed by atoms with Gasteiger partial charge in [-0.05, 0) is 35.4 Å². The van der Waals surface area contributed by atoms with Crippen LogP contribution in [0, 0.1) is 19.9 Å². The van der Waals surface area contributed by atoms with Gasteiger partial charge >= 0.3 is 150 Å². The second-order valence-electron chi connectivity index (χ2n) is 18.2. The van der Waals surface area contributed by atoms with Gasteiger partial charge < -0.3 is 24.8 Å². The predicted molar refractivity (Wildman–Crippen MR) is 216 cm³/mol. The normalized spacial score (nSPS) is 12.2. The van der Waals surface area contributed by atoms with Gasteiger partial charge in [-0.1, -0.05) is 71.6 Å². The molecule has 0 aromatic heterocycles. The van der Waals surface area contributed by atoms with E-state index in [1.54, 1.807) is 0 Å². The molecule has 0 atom stereocenters. The average molecular weight is 898 g/mol. The molecule has 0 saturated carbocycles. The first-order valence-electron chi connectivity index (χ1n) is 18.2. The minimum atomic E-state index is 0. The second kappa shape index (κ2) is 17.8. The third-order valence-corrected chi connectivity index (χ3v) is 11.8. The summed E-state index contributed by atoms with van der Waals surface area (Å²) in [5, 5.41) is 0. The van der Waals surface area contributed by atoms with E-state index in [2.05, 4.69) is 170 Å². The van der Waals surface area contributed by atoms with Crippen molar-refractivity contribution in [3.05, 3.63) is 159 Å². The first kappa shape index (κ1) is 45.7. The van der Waals surface area contributed by atoms with Crippen molar-refractivity contribution in [2.45, 2.75) is 125 Å². The van der Waals surface area contributed by atoms with Gasteiger partial charge in [0.1, 0.15) is 0 Å². The van der Waals surface area contributed by atoms with E-state index in [0.29, 0.717) is 0 Å². The first-order chi connectivity index (χ1) is 23.1. The van der Waals surface area contributed by atoms with E-state index in [1.165, 1.54) is 70.0 Å². The van der Waals surface area contributed by atoms with Crippen molar-refractivity contribution in [2.24, 2.45) is 0 Å². The zero-order chi connectivity index (χ0) is 37.2. The van der Waals surface area contributed by atoms with E-state index in [0.717, 1.165) is 30.3 Å². The number of hydrogen-bond donors (Lipinski definition) is 0. The molecule has 0 unspecified atom stereocenters. The van der Waals surface area contributed by atoms with Crippen LogP contribution >= 0.6 is 0 Å². The molecule has 0 bridgehead atoms. The second-order valence-corrected chi connectivity index (χ2v) is 20.0. The summed E-state index contributed by atoms with van der Waals surface area (Å²) in [6.45, 7) is 31.8. The van der Waals surface area contributed by atoms with Gasteiger partial charge in [0.05, 0.1) is 0 Å². The van der Waals surface area contributed by atoms with E-state index in [4.69, 9.17) is 0 Å². The Labute approximate surface area is 344 Å². The minimum Gasteiger partial charge on any atom is -1.00 e. The largest absolute Gasteiger partial charge is 1.00 e. The Hall–Kier alpha value is -2.45. The third-order valence-electron chi connectivity index (χ3n) is 9.71. The maximum absolute atomic E-state index is 3.69. The van der Waals surface area contributed by atoms with E-state index in [1.807, 2.05) is 30.3 Å². The molecule has 52 heavy (non-hydrogen) atoms. The Bertz CT molecular complexity index is 1750. The summed E-state index contributed by atoms with van der Waals surface area (Å²) in [7, 11) is 0. The summed E-state index contributed by atoms with van der Waals surface area (Å²) in [6.07, 6.45) is 1.03. The van der Waals surface area contributed by atoms with E-state index < -0.39 is 0 Å². The molecular weight excluding hydrogens is 838 g/mol. The molecule has 5 aromatic carbocycles. The molecule has 276 valence electrons. The smallest absolute Gasteiger partial charge is 0.0129 e. The number of aryl methyl sites for hydroxylation is 2. The third kappa shape index (κ3) is 11.5. The molecular formula is C49H60Cl2Hf-2. The number of benzene rings is 4. The summed E-state index contributed by atoms with van der Waals surface area (Å²) < 4.78 is 1.47. The van der Waals surface area contributed by atoms with E-state index >= 15 is 0 Å². The molecule has 0 aliphatic heterocycles. The van der Waals surface area contributed by atoms with Crippen LogP contribution in [0.25, 0.3) is 11.1 Å². The Balaban J connectivity index is 0.000000307. The van der Waals surface area contributed by atoms with Crippen LogP contribution in [-0.2, 0) is 52.0 Å². The van der Waals surface area contributed by atoms with E-state index in [9.17, 15) is 0 Å². The van der Waals surface area contributed by atoms with Gasteiger partial charge in [0.25, 0.3) is 0 Å². The molecule has 6 rings (SSSR count). The first-order valence-corrected chi connectivity index (χ1v) is 20.0. The van der Waals surface area contributed by atoms with Crippen molar-refractivity contribution in [2.75, 3.05) is 0 Å². The Morgan fingerprint density at radius 1 is 0.577 bits per heavy atom. The van der Waals surface area contributed by atoms with Crippen molar-refractivity contribution < 1.29 is 48.7 Å². The summed E-state index contributed by atoms with van der Waals surface area (Å²) in [6, 6.07) is 39.2. The average Bonchev–Trinajstić information content (AvgIpc) is 3.70. The summed E-state index contributed by atoms with van der Waals surface area (Å²) in [5.41, 5.74) is 17.6. The molecule has 1 aliphatic rings. The molecule has 0 N–H and O–H groups in total. The Morgan fingerprint density at radius 2 is 1.00 bits per heavy atom. The van der Waals surface area contributed by atoms with Gasteiger partial charge in [0, 0.05) is 0 Å². The maximum atomic E-state index is 3.69. The van der Waals surface area contributed by atoms with Gasteiger partial charge in [-0.2, -0.15) is 35.9 Å². The molecule has 0 radical (unpaired) electrons. The fourth-order valence-electron chi connectivity index (χ4n) is 6.78. The zero-order valence-electron chi connectivity index (χ0n) is 34.2. The zero-order valence-corrected chi connectivity index (χ0v) is 39.3. The maximum Gasteiger partial charge on any atom is -0.0129 e. The van der Waals surface area contributed by atoms with Gasteiger partial charge in [0.15, 0.2) is 0 Å². The Morgan fingerprint density at radius 3 is 1.37 bits per heavy atom. The van der Waals surface area contributed by atoms with Crippen LogP contribution in [0.2, 0.25) is 0 Å². The van der Waals surface area contributed by atoms with Crippen LogP contribution < -0.4 is 24.8 Å². The monoisotopic (exact) mass is 898 g/mol. The molecule has 0 saturated heterocycles. The molecule has 0 fully saturated rings. The van der Waals surface area contributed by atoms with Gasteiger partial charge in [-0.15, -0.1) is 16.7 Å². The number of hydrogen-bond acceptors (Lipinski definition) is 0. The van der Waals surface area contributed by atoms with Crippen molar-refractivity contribution in [3.63, 3.8) is 0 Å². The SMILES string of the molecule is CC(C)(C)c1ccc([C](=[Hf+2])c2ccc(C(C)(C)C)cc2)cc1.Cc1[c-]c2c(cc1C(C)(C)C)-c1cc(C(C)(C)C)c(C)cc1C2.[Cl-].[Cl-].c1cc[cH-]c1. The van der Waals surface area contributed by atoms with Crippen LogP contribution in [-0.4, -0.2) is 3.26 Å². The molecule has 1 aliphatic carbocycles. The molecule has 5 aromatic rings. The fourth-order valence-corrected chi connectivity index (χ4v) is 7.98. The van der Waals surface area contributed by atoms with Crippen LogP contribution in [0.15, 0.2) is 97.1 Å². The van der Waals surface area contributed by atoms with E-state index in [-0.39, 0.29) is 46.5 Å². The van der Waals surface area contributed by atoms with Crippen molar-refractivity contribution in [1.29, 1.82) is 0 Å². The summed E-state index contributed by atoms with van der Waals surface area (Å²) >= 11 is 1.06. The summed E-state index contributed by atoms with van der Waals surface area (Å²) in [4.78, 5) is 0. The molecule has 0 nitrogen and oxygen atoms in total. The standard InChI is InChI=1S/C23H29.C21H26.C5H5.2ClH.Hf/c1-14-9-16-11-17-10-15(2)21(23(6,7)8)13-19(17)18(16)12-20(14)22(3,4)5;1-20(2,3)18-11-7-16(8-12-18)15-17-9-13-19(14-10-17)21(4,5)6;1-2-4-5-3-1;;;/h9,12-13H,11H2,1-8H3;7-14H,1-6H3;1-5H;2*1H;/q-1;;-1;;;+2/p-2. The minimum absolute atomic E-state index is 0. The van der Waals surface area contributed by atoms with Crippen molar-refractivity contribution in [3.8, 4) is 11.1 Å². The van der Waals surface area contributed by atoms with Crippen LogP contribution in [0.5, 0.6) is 0 Å². The number of fused-ring (bicyclic) bond motifs is 3.